The third-order valence-electron chi connectivity index (χ3n) is 10.2. The predicted molar refractivity (Wildman–Crippen MR) is 162 cm³/mol. The van der Waals surface area contributed by atoms with Gasteiger partial charge in [0.1, 0.15) is 5.82 Å². The van der Waals surface area contributed by atoms with Gasteiger partial charge in [-0.3, -0.25) is 19.5 Å². The second-order valence-electron chi connectivity index (χ2n) is 13.1. The van der Waals surface area contributed by atoms with Gasteiger partial charge < -0.3 is 15.4 Å². The van der Waals surface area contributed by atoms with E-state index in [1.54, 1.807) is 0 Å². The fourth-order valence-corrected chi connectivity index (χ4v) is 8.04. The number of rotatable bonds is 7. The highest BCUT2D eigenvalue weighted by Crippen LogP contribution is 2.38. The van der Waals surface area contributed by atoms with Crippen LogP contribution in [0, 0.1) is 0 Å². The number of aryl methyl sites for hydroxylation is 1. The molecule has 222 valence electrons. The van der Waals surface area contributed by atoms with E-state index in [2.05, 4.69) is 57.2 Å². The Bertz CT molecular complexity index is 1240. The average molecular weight is 562 g/mol. The van der Waals surface area contributed by atoms with Crippen molar-refractivity contribution < 1.29 is 4.74 Å². The Kier molecular flexibility index (Phi) is 7.73. The molecule has 0 spiro atoms. The van der Waals surface area contributed by atoms with Gasteiger partial charge in [0, 0.05) is 75.0 Å². The fourth-order valence-electron chi connectivity index (χ4n) is 8.04. The third-order valence-corrected chi connectivity index (χ3v) is 10.2. The molecule has 1 saturated carbocycles. The molecule has 0 radical (unpaired) electrons. The number of ether oxygens (including phenoxy) is 1. The highest BCUT2D eigenvalue weighted by Gasteiger charge is 2.46. The standard InChI is InChI=1S/C31H47N9O/c1-20(2)38-18-27-15-26(38)19-39(27)24-8-6-22(7-9-24)34-30-29-21(3)32-12-4-5-28(29)36-31(37-30)35-23-16-33-40(17-23)25-10-13-41-14-11-25/h16-17,20,22,24-27H,4-15,18-19H2,1-3H3,(H2,34,35,36,37). The number of aliphatic imine (C=N–C) groups is 1. The molecule has 7 rings (SSSR count). The van der Waals surface area contributed by atoms with Crippen molar-refractivity contribution in [3.8, 4) is 0 Å². The number of hydrogen-bond donors (Lipinski definition) is 2. The minimum Gasteiger partial charge on any atom is -0.381 e. The topological polar surface area (TPSA) is 95.7 Å². The maximum Gasteiger partial charge on any atom is 0.229 e. The Morgan fingerprint density at radius 2 is 1.78 bits per heavy atom. The molecule has 10 nitrogen and oxygen atoms in total. The van der Waals surface area contributed by atoms with Gasteiger partial charge >= 0.3 is 0 Å². The summed E-state index contributed by atoms with van der Waals surface area (Å²) in [6, 6.07) is 3.75. The summed E-state index contributed by atoms with van der Waals surface area (Å²) in [6.07, 6.45) is 14.2. The van der Waals surface area contributed by atoms with Crippen molar-refractivity contribution in [3.05, 3.63) is 23.7 Å². The second-order valence-corrected chi connectivity index (χ2v) is 13.1. The molecule has 2 atom stereocenters. The summed E-state index contributed by atoms with van der Waals surface area (Å²) >= 11 is 0. The minimum atomic E-state index is 0.392. The highest BCUT2D eigenvalue weighted by atomic mass is 16.5. The van der Waals surface area contributed by atoms with Crippen molar-refractivity contribution in [1.29, 1.82) is 0 Å². The zero-order chi connectivity index (χ0) is 27.9. The number of fused-ring (bicyclic) bond motifs is 3. The van der Waals surface area contributed by atoms with E-state index in [9.17, 15) is 0 Å². The van der Waals surface area contributed by atoms with Crippen molar-refractivity contribution in [2.75, 3.05) is 43.5 Å². The van der Waals surface area contributed by atoms with Gasteiger partial charge in [-0.25, -0.2) is 4.98 Å². The summed E-state index contributed by atoms with van der Waals surface area (Å²) < 4.78 is 7.59. The maximum atomic E-state index is 5.53. The van der Waals surface area contributed by atoms with E-state index < -0.39 is 0 Å². The zero-order valence-corrected chi connectivity index (χ0v) is 25.1. The number of aromatic nitrogens is 4. The van der Waals surface area contributed by atoms with E-state index in [4.69, 9.17) is 19.7 Å². The van der Waals surface area contributed by atoms with Gasteiger partial charge in [0.2, 0.25) is 5.95 Å². The smallest absolute Gasteiger partial charge is 0.229 e. The monoisotopic (exact) mass is 561 g/mol. The Labute approximate surface area is 244 Å². The van der Waals surface area contributed by atoms with Crippen LogP contribution < -0.4 is 10.6 Å². The van der Waals surface area contributed by atoms with Gasteiger partial charge in [-0.1, -0.05) is 0 Å². The Morgan fingerprint density at radius 1 is 0.951 bits per heavy atom. The highest BCUT2D eigenvalue weighted by molar-refractivity contribution is 6.04. The minimum absolute atomic E-state index is 0.392. The maximum absolute atomic E-state index is 5.53. The van der Waals surface area contributed by atoms with Gasteiger partial charge in [0.15, 0.2) is 0 Å². The molecule has 4 fully saturated rings. The van der Waals surface area contributed by atoms with Crippen LogP contribution in [-0.4, -0.2) is 98.3 Å². The number of piperazine rings is 1. The number of nitrogens with one attached hydrogen (secondary N) is 2. The first-order valence-corrected chi connectivity index (χ1v) is 16.1. The van der Waals surface area contributed by atoms with Crippen LogP contribution >= 0.6 is 0 Å². The Morgan fingerprint density at radius 3 is 2.54 bits per heavy atom. The first-order valence-electron chi connectivity index (χ1n) is 16.1. The SMILES string of the molecule is CC1=NCCCc2nc(Nc3cnn(C4CCOCC4)c3)nc(NC3CCC(N4CC5CC4CN5C(C)C)CC3)c21. The average Bonchev–Trinajstić information content (AvgIpc) is 3.70. The molecule has 0 aromatic carbocycles. The van der Waals surface area contributed by atoms with Crippen molar-refractivity contribution in [2.45, 2.75) is 115 Å². The van der Waals surface area contributed by atoms with Crippen LogP contribution in [0.3, 0.4) is 0 Å². The molecule has 2 bridgehead atoms. The summed E-state index contributed by atoms with van der Waals surface area (Å²) in [6.45, 7) is 11.8. The molecule has 6 heterocycles. The zero-order valence-electron chi connectivity index (χ0n) is 25.1. The molecule has 3 saturated heterocycles. The van der Waals surface area contributed by atoms with Gasteiger partial charge in [-0.2, -0.15) is 10.1 Å². The molecule has 2 aromatic rings. The van der Waals surface area contributed by atoms with E-state index in [1.807, 2.05) is 6.20 Å². The van der Waals surface area contributed by atoms with Crippen LogP contribution in [0.25, 0.3) is 0 Å². The molecule has 5 aliphatic rings. The molecule has 2 aromatic heterocycles. The largest absolute Gasteiger partial charge is 0.381 e. The van der Waals surface area contributed by atoms with Gasteiger partial charge in [-0.15, -0.1) is 0 Å². The summed E-state index contributed by atoms with van der Waals surface area (Å²) in [4.78, 5) is 20.5. The van der Waals surface area contributed by atoms with Crippen LogP contribution in [-0.2, 0) is 11.2 Å². The van der Waals surface area contributed by atoms with Gasteiger partial charge in [0.05, 0.1) is 29.2 Å². The summed E-state index contributed by atoms with van der Waals surface area (Å²) in [5.41, 5.74) is 4.18. The lowest BCUT2D eigenvalue weighted by Crippen LogP contribution is -2.53. The van der Waals surface area contributed by atoms with Crippen LogP contribution in [0.4, 0.5) is 17.5 Å². The molecule has 41 heavy (non-hydrogen) atoms. The number of hydrogen-bond acceptors (Lipinski definition) is 9. The normalized spacial score (nSPS) is 29.4. The summed E-state index contributed by atoms with van der Waals surface area (Å²) in [5, 5.41) is 12.0. The lowest BCUT2D eigenvalue weighted by atomic mass is 9.89. The molecule has 10 heteroatoms. The number of likely N-dealkylation sites (tertiary alicyclic amines) is 2. The lowest BCUT2D eigenvalue weighted by molar-refractivity contribution is 0.0595. The number of anilines is 3. The summed E-state index contributed by atoms with van der Waals surface area (Å²) in [7, 11) is 0. The summed E-state index contributed by atoms with van der Waals surface area (Å²) in [5.74, 6) is 1.58. The molecule has 2 N–H and O–H groups in total. The van der Waals surface area contributed by atoms with Gasteiger partial charge in [0.25, 0.3) is 0 Å². The quantitative estimate of drug-likeness (QED) is 0.513. The van der Waals surface area contributed by atoms with Crippen molar-refractivity contribution >= 4 is 23.2 Å². The lowest BCUT2D eigenvalue weighted by Gasteiger charge is -2.43. The molecule has 0 amide bonds. The van der Waals surface area contributed by atoms with E-state index in [1.165, 1.54) is 45.2 Å². The van der Waals surface area contributed by atoms with E-state index in [0.29, 0.717) is 24.1 Å². The third kappa shape index (κ3) is 5.62. The van der Waals surface area contributed by atoms with Gasteiger partial charge in [-0.05, 0) is 78.6 Å². The van der Waals surface area contributed by atoms with Crippen molar-refractivity contribution in [3.63, 3.8) is 0 Å². The van der Waals surface area contributed by atoms with Crippen LogP contribution in [0.1, 0.15) is 89.4 Å². The van der Waals surface area contributed by atoms with Crippen LogP contribution in [0.2, 0.25) is 0 Å². The predicted octanol–water partition coefficient (Wildman–Crippen LogP) is 4.41. The number of nitrogens with zero attached hydrogens (tertiary/aromatic N) is 7. The second kappa shape index (κ2) is 11.6. The Hall–Kier alpha value is -2.56. The fraction of sp³-hybridized carbons (Fsp3) is 0.742. The first-order chi connectivity index (χ1) is 20.0. The van der Waals surface area contributed by atoms with E-state index in [0.717, 1.165) is 92.0 Å². The molecular formula is C31H47N9O. The van der Waals surface area contributed by atoms with E-state index in [-0.39, 0.29) is 0 Å². The molecular weight excluding hydrogens is 514 g/mol. The first kappa shape index (κ1) is 27.3. The van der Waals surface area contributed by atoms with E-state index >= 15 is 0 Å². The molecule has 4 aliphatic heterocycles. The molecule has 2 unspecified atom stereocenters. The van der Waals surface area contributed by atoms with Crippen LogP contribution in [0.5, 0.6) is 0 Å². The van der Waals surface area contributed by atoms with Crippen LogP contribution in [0.15, 0.2) is 17.4 Å². The van der Waals surface area contributed by atoms with Crippen molar-refractivity contribution in [2.24, 2.45) is 4.99 Å². The molecule has 1 aliphatic carbocycles. The Balaban J connectivity index is 1.04. The van der Waals surface area contributed by atoms with Crippen molar-refractivity contribution in [1.82, 2.24) is 29.5 Å².